The Bertz CT molecular complexity index is 4680. The number of hydrogen-bond acceptors (Lipinski definition) is 3. The third-order valence-electron chi connectivity index (χ3n) is 17.1. The first-order valence-corrected chi connectivity index (χ1v) is 39.7. The molecule has 0 radical (unpaired) electrons. The van der Waals surface area contributed by atoms with Gasteiger partial charge in [0.1, 0.15) is 58.0 Å². The lowest BCUT2D eigenvalue weighted by molar-refractivity contribution is -0.275. The van der Waals surface area contributed by atoms with E-state index in [0.29, 0.717) is 54.6 Å². The molecule has 672 valence electrons. The van der Waals surface area contributed by atoms with Crippen molar-refractivity contribution < 1.29 is 88.5 Å². The zero-order chi connectivity index (χ0) is 95.6. The first kappa shape index (κ1) is 113. The van der Waals surface area contributed by atoms with Crippen molar-refractivity contribution >= 4 is 69.6 Å². The van der Waals surface area contributed by atoms with Gasteiger partial charge >= 0.3 is 12.7 Å². The number of rotatable bonds is 2. The van der Waals surface area contributed by atoms with E-state index in [4.69, 9.17) is 69.6 Å². The molecule has 0 saturated heterocycles. The van der Waals surface area contributed by atoms with Gasteiger partial charge in [0, 0.05) is 75.4 Å². The summed E-state index contributed by atoms with van der Waals surface area (Å²) in [6, 6.07) is 43.2. The molecule has 11 aromatic carbocycles. The Hall–Kier alpha value is -9.35. The predicted molar refractivity (Wildman–Crippen MR) is 472 cm³/mol. The average Bonchev–Trinajstić information content (AvgIpc) is 0.804. The van der Waals surface area contributed by atoms with E-state index in [2.05, 4.69) is 20.5 Å². The van der Waals surface area contributed by atoms with Crippen LogP contribution in [0.1, 0.15) is 134 Å². The van der Waals surface area contributed by atoms with Crippen LogP contribution in [0.2, 0.25) is 30.1 Å². The summed E-state index contributed by atoms with van der Waals surface area (Å²) < 4.78 is 230. The summed E-state index contributed by atoms with van der Waals surface area (Å²) >= 11 is 34.7. The van der Waals surface area contributed by atoms with E-state index in [-0.39, 0.29) is 45.9 Å². The second-order valence-electron chi connectivity index (χ2n) is 28.7. The van der Waals surface area contributed by atoms with E-state index in [0.717, 1.165) is 95.3 Å². The molecule has 0 atom stereocenters. The first-order chi connectivity index (χ1) is 57.1. The molecule has 0 unspecified atom stereocenters. The monoisotopic (exact) mass is 1860 g/mol. The molecule has 0 amide bonds. The maximum Gasteiger partial charge on any atom is 0.573 e. The Morgan fingerprint density at radius 3 is 0.621 bits per heavy atom. The first-order valence-electron chi connectivity index (χ1n) is 37.4. The molecule has 0 fully saturated rings. The van der Waals surface area contributed by atoms with Crippen molar-refractivity contribution in [3.63, 3.8) is 0 Å². The zero-order valence-corrected chi connectivity index (χ0v) is 77.5. The van der Waals surface area contributed by atoms with Crippen molar-refractivity contribution in [1.29, 1.82) is 0 Å². The van der Waals surface area contributed by atoms with Crippen molar-refractivity contribution in [2.45, 2.75) is 179 Å². The highest BCUT2D eigenvalue weighted by atomic mass is 35.5. The molecule has 0 saturated carbocycles. The number of aromatic nitrogens is 1. The molecular formula is C97H99Cl6F18NO2. The van der Waals surface area contributed by atoms with Crippen molar-refractivity contribution in [3.8, 4) is 11.5 Å². The van der Waals surface area contributed by atoms with Crippen LogP contribution in [0.25, 0.3) is 0 Å². The number of alkyl halides is 6. The number of aryl methyl sites for hydroxylation is 16. The minimum atomic E-state index is -4.61. The lowest BCUT2D eigenvalue weighted by atomic mass is 10.1. The lowest BCUT2D eigenvalue weighted by Gasteiger charge is -2.11. The van der Waals surface area contributed by atoms with Gasteiger partial charge in [0.25, 0.3) is 0 Å². The highest BCUT2D eigenvalue weighted by Crippen LogP contribution is 2.31. The van der Waals surface area contributed by atoms with E-state index in [1.165, 1.54) is 80.1 Å². The van der Waals surface area contributed by atoms with Crippen LogP contribution in [0.15, 0.2) is 164 Å². The van der Waals surface area contributed by atoms with Gasteiger partial charge in [-0.3, -0.25) is 4.98 Å². The summed E-state index contributed by atoms with van der Waals surface area (Å²) in [6.07, 6.45) is -7.35. The van der Waals surface area contributed by atoms with Crippen LogP contribution in [-0.4, -0.2) is 17.7 Å². The molecule has 0 N–H and O–H groups in total. The van der Waals surface area contributed by atoms with Gasteiger partial charge in [0.2, 0.25) is 0 Å². The van der Waals surface area contributed by atoms with Crippen molar-refractivity contribution in [2.75, 3.05) is 0 Å². The number of benzene rings is 11. The molecule has 0 bridgehead atoms. The topological polar surface area (TPSA) is 31.4 Å². The minimum absolute atomic E-state index is 0.0885. The number of hydrogen-bond donors (Lipinski definition) is 0. The zero-order valence-electron chi connectivity index (χ0n) is 72.9. The fourth-order valence-corrected chi connectivity index (χ4v) is 11.0. The minimum Gasteiger partial charge on any atom is -0.406 e. The second-order valence-corrected chi connectivity index (χ2v) is 31.2. The molecule has 1 heterocycles. The summed E-state index contributed by atoms with van der Waals surface area (Å²) in [5.74, 6) is -8.17. The molecule has 0 aliphatic heterocycles. The molecule has 27 heteroatoms. The number of pyridine rings is 1. The van der Waals surface area contributed by atoms with Gasteiger partial charge in [0.15, 0.2) is 23.3 Å². The van der Waals surface area contributed by atoms with Crippen LogP contribution < -0.4 is 9.47 Å². The number of nitrogens with zero attached hydrogens (tertiary/aromatic N) is 1. The van der Waals surface area contributed by atoms with E-state index in [1.807, 2.05) is 118 Å². The molecule has 0 aliphatic carbocycles. The third-order valence-corrected chi connectivity index (χ3v) is 19.5. The molecule has 0 spiro atoms. The summed E-state index contributed by atoms with van der Waals surface area (Å²) in [5.41, 5.74) is 15.1. The Kier molecular flexibility index (Phi) is 48.3. The van der Waals surface area contributed by atoms with Crippen LogP contribution in [0.4, 0.5) is 79.0 Å². The van der Waals surface area contributed by atoms with Gasteiger partial charge < -0.3 is 9.47 Å². The van der Waals surface area contributed by atoms with Crippen LogP contribution >= 0.6 is 69.6 Å². The van der Waals surface area contributed by atoms with E-state index in [9.17, 15) is 79.0 Å². The number of ether oxygens (including phenoxy) is 2. The quantitative estimate of drug-likeness (QED) is 0.128. The Balaban J connectivity index is 0.000000678. The molecular weight excluding hydrogens is 1770 g/mol. The van der Waals surface area contributed by atoms with Crippen molar-refractivity contribution in [3.05, 3.63) is 398 Å². The van der Waals surface area contributed by atoms with Gasteiger partial charge in [0.05, 0.1) is 0 Å². The highest BCUT2D eigenvalue weighted by molar-refractivity contribution is 6.36. The van der Waals surface area contributed by atoms with Crippen LogP contribution in [-0.2, 0) is 0 Å². The molecule has 12 aromatic rings. The second kappa shape index (κ2) is 53.2. The number of halogens is 24. The summed E-state index contributed by atoms with van der Waals surface area (Å²) in [5, 5.41) is 3.96. The molecule has 3 nitrogen and oxygen atoms in total. The third kappa shape index (κ3) is 42.1. The highest BCUT2D eigenvalue weighted by Gasteiger charge is 2.33. The van der Waals surface area contributed by atoms with Crippen molar-refractivity contribution in [2.24, 2.45) is 0 Å². The average molecular weight is 1870 g/mol. The Morgan fingerprint density at radius 2 is 0.411 bits per heavy atom. The maximum atomic E-state index is 12.8. The fourth-order valence-electron chi connectivity index (χ4n) is 9.30. The molecule has 0 aliphatic rings. The maximum absolute atomic E-state index is 12.8. The largest absolute Gasteiger partial charge is 0.573 e. The summed E-state index contributed by atoms with van der Waals surface area (Å²) in [4.78, 5) is 4.08. The predicted octanol–water partition coefficient (Wildman–Crippen LogP) is 34.4. The van der Waals surface area contributed by atoms with Gasteiger partial charge in [-0.1, -0.05) is 124 Å². The molecule has 12 rings (SSSR count). The van der Waals surface area contributed by atoms with Crippen molar-refractivity contribution in [1.82, 2.24) is 4.98 Å². The van der Waals surface area contributed by atoms with Gasteiger partial charge in [-0.25, -0.2) is 52.7 Å². The molecule has 124 heavy (non-hydrogen) atoms. The van der Waals surface area contributed by atoms with Gasteiger partial charge in [-0.15, -0.1) is 26.3 Å². The lowest BCUT2D eigenvalue weighted by Crippen LogP contribution is -2.17. The fraction of sp³-hybridized carbons (Fsp3) is 0.268. The normalized spacial score (nSPS) is 10.3. The summed E-state index contributed by atoms with van der Waals surface area (Å²) in [7, 11) is 0. The van der Waals surface area contributed by atoms with Crippen LogP contribution in [0, 0.1) is 236 Å². The SMILES string of the molecule is Cc1c(F)c(F)c(C)c(F)c1F.Cc1cc(Cl)c(C)c(Cl)c1.Cc1cc(Cl)c(C)c(Cl)c1.Cc1cc(F)c(C)c(Cl)c1.Cc1cc(F)c(C)c(Cl)c1.Cc1cc(F)c(C)c(F)c1.Cc1cc(F)c(C)c(F)c1.Cc1ccc(C)c(F)c1.Cc1ccc(C)c(F)c1.Cc1ccc(C)c(OC(F)(F)F)c1.Cc1ccc(C)c(OC(F)(F)F)c1.Cc1ccc(C)nc1. The van der Waals surface area contributed by atoms with Gasteiger partial charge in [-0.05, 0) is 364 Å². The van der Waals surface area contributed by atoms with E-state index in [1.54, 1.807) is 118 Å². The van der Waals surface area contributed by atoms with Gasteiger partial charge in [-0.2, -0.15) is 0 Å². The standard InChI is InChI=1S/2C9H9F3O.2C8H8Cl2.2C8H8ClF.C8H6F4.2C8H8F2.2C8H9F.C7H9N/c2*1-6-3-4-7(2)8(5-6)13-9(10,11)12;4*1-5-3-7(9)6(2)8(10)4-5;1-3-5(9)7(11)4(2)8(12)6(3)10;2*1-5-3-7(9)6(2)8(10)4-5;2*1-6-3-4-7(2)8(9)5-6;1-6-3-4-7(2)8-5-6/h2*3-5H,1-2H3;4*3-4H,1-2H3;1-2H3;2*3-4H,1-2H3;2*3-5H,1-2H3;3-5H,1-2H3. The van der Waals surface area contributed by atoms with E-state index >= 15 is 0 Å². The smallest absolute Gasteiger partial charge is 0.406 e. The Morgan fingerprint density at radius 1 is 0.210 bits per heavy atom. The van der Waals surface area contributed by atoms with Crippen LogP contribution in [0.3, 0.4) is 0 Å². The molecule has 1 aromatic heterocycles. The van der Waals surface area contributed by atoms with Crippen LogP contribution in [0.5, 0.6) is 11.5 Å². The summed E-state index contributed by atoms with van der Waals surface area (Å²) in [6.45, 7) is 40.7. The Labute approximate surface area is 746 Å². The van der Waals surface area contributed by atoms with E-state index < -0.39 is 70.4 Å².